The van der Waals surface area contributed by atoms with Crippen LogP contribution in [0.4, 0.5) is 0 Å². The van der Waals surface area contributed by atoms with Crippen LogP contribution in [0.3, 0.4) is 0 Å². The third-order valence-electron chi connectivity index (χ3n) is 2.77. The number of nitrogens with zero attached hydrogens (tertiary/aromatic N) is 2. The molecule has 1 heterocycles. The number of hydrogen-bond acceptors (Lipinski definition) is 3. The summed E-state index contributed by atoms with van der Waals surface area (Å²) in [5.74, 6) is 0. The Kier molecular flexibility index (Phi) is 4.12. The van der Waals surface area contributed by atoms with Gasteiger partial charge in [0.05, 0.1) is 24.0 Å². The third kappa shape index (κ3) is 3.05. The van der Waals surface area contributed by atoms with E-state index in [1.54, 1.807) is 0 Å². The largest absolute Gasteiger partial charge is 0.377 e. The van der Waals surface area contributed by atoms with Crippen LogP contribution in [-0.2, 0) is 18.4 Å². The van der Waals surface area contributed by atoms with Crippen LogP contribution in [0.1, 0.15) is 12.0 Å². The van der Waals surface area contributed by atoms with Crippen LogP contribution in [0.2, 0.25) is 0 Å². The van der Waals surface area contributed by atoms with Gasteiger partial charge in [-0.05, 0) is 37.7 Å². The number of aryl methyl sites for hydroxylation is 1. The van der Waals surface area contributed by atoms with Gasteiger partial charge in [-0.2, -0.15) is 0 Å². The molecule has 1 aromatic heterocycles. The fourth-order valence-electron chi connectivity index (χ4n) is 1.81. The Morgan fingerprint density at radius 1 is 1.41 bits per heavy atom. The molecule has 0 radical (unpaired) electrons. The molecular formula is C13H19N3O. The van der Waals surface area contributed by atoms with Gasteiger partial charge >= 0.3 is 0 Å². The molecule has 0 aliphatic heterocycles. The lowest BCUT2D eigenvalue weighted by atomic mass is 10.2. The Morgan fingerprint density at radius 2 is 2.29 bits per heavy atom. The Bertz CT molecular complexity index is 478. The van der Waals surface area contributed by atoms with Crippen LogP contribution < -0.4 is 5.32 Å². The number of aromatic nitrogens is 2. The minimum atomic E-state index is 0.663. The van der Waals surface area contributed by atoms with E-state index in [0.29, 0.717) is 6.61 Å². The Labute approximate surface area is 102 Å². The summed E-state index contributed by atoms with van der Waals surface area (Å²) >= 11 is 0. The second-order valence-electron chi connectivity index (χ2n) is 4.19. The molecule has 2 rings (SSSR count). The standard InChI is InChI=1S/C13H19N3O/c1-14-6-3-7-17-9-11-4-5-13-12(8-11)15-10-16(13)2/h4-5,8,10,14H,3,6-7,9H2,1-2H3. The van der Waals surface area contributed by atoms with Gasteiger partial charge in [-0.3, -0.25) is 0 Å². The van der Waals surface area contributed by atoms with Crippen LogP contribution in [-0.4, -0.2) is 29.8 Å². The summed E-state index contributed by atoms with van der Waals surface area (Å²) in [5.41, 5.74) is 3.37. The highest BCUT2D eigenvalue weighted by Gasteiger charge is 2.01. The molecule has 0 atom stereocenters. The molecule has 0 unspecified atom stereocenters. The molecule has 0 aliphatic carbocycles. The van der Waals surface area contributed by atoms with E-state index in [9.17, 15) is 0 Å². The third-order valence-corrected chi connectivity index (χ3v) is 2.77. The molecule has 1 aromatic carbocycles. The van der Waals surface area contributed by atoms with Gasteiger partial charge in [-0.25, -0.2) is 4.98 Å². The number of ether oxygens (including phenoxy) is 1. The molecule has 0 fully saturated rings. The lowest BCUT2D eigenvalue weighted by Gasteiger charge is -2.04. The van der Waals surface area contributed by atoms with E-state index < -0.39 is 0 Å². The average Bonchev–Trinajstić information content (AvgIpc) is 2.71. The van der Waals surface area contributed by atoms with E-state index in [-0.39, 0.29) is 0 Å². The minimum absolute atomic E-state index is 0.663. The van der Waals surface area contributed by atoms with E-state index in [2.05, 4.69) is 28.5 Å². The van der Waals surface area contributed by atoms with Gasteiger partial charge < -0.3 is 14.6 Å². The average molecular weight is 233 g/mol. The van der Waals surface area contributed by atoms with E-state index in [1.165, 1.54) is 5.56 Å². The first-order chi connectivity index (χ1) is 8.31. The Morgan fingerprint density at radius 3 is 3.12 bits per heavy atom. The van der Waals surface area contributed by atoms with Gasteiger partial charge in [0.1, 0.15) is 0 Å². The van der Waals surface area contributed by atoms with E-state index in [4.69, 9.17) is 4.74 Å². The summed E-state index contributed by atoms with van der Waals surface area (Å²) in [6.07, 6.45) is 2.88. The topological polar surface area (TPSA) is 39.1 Å². The van der Waals surface area contributed by atoms with Gasteiger partial charge in [0.2, 0.25) is 0 Å². The zero-order chi connectivity index (χ0) is 12.1. The summed E-state index contributed by atoms with van der Waals surface area (Å²) in [6, 6.07) is 6.28. The van der Waals surface area contributed by atoms with Crippen molar-refractivity contribution >= 4 is 11.0 Å². The van der Waals surface area contributed by atoms with Crippen molar-refractivity contribution in [3.8, 4) is 0 Å². The molecule has 0 saturated heterocycles. The van der Waals surface area contributed by atoms with Crippen LogP contribution in [0.15, 0.2) is 24.5 Å². The Balaban J connectivity index is 1.91. The molecule has 17 heavy (non-hydrogen) atoms. The van der Waals surface area contributed by atoms with Crippen molar-refractivity contribution in [2.24, 2.45) is 7.05 Å². The molecule has 0 amide bonds. The fraction of sp³-hybridized carbons (Fsp3) is 0.462. The van der Waals surface area contributed by atoms with Crippen LogP contribution in [0.25, 0.3) is 11.0 Å². The highest BCUT2D eigenvalue weighted by Crippen LogP contribution is 2.14. The maximum Gasteiger partial charge on any atom is 0.0955 e. The predicted molar refractivity (Wildman–Crippen MR) is 68.9 cm³/mol. The van der Waals surface area contributed by atoms with Gasteiger partial charge in [-0.1, -0.05) is 6.07 Å². The van der Waals surface area contributed by atoms with Crippen molar-refractivity contribution in [3.63, 3.8) is 0 Å². The number of imidazole rings is 1. The molecule has 1 N–H and O–H groups in total. The van der Waals surface area contributed by atoms with E-state index in [0.717, 1.165) is 30.6 Å². The molecule has 92 valence electrons. The zero-order valence-corrected chi connectivity index (χ0v) is 10.4. The first kappa shape index (κ1) is 12.1. The van der Waals surface area contributed by atoms with Crippen LogP contribution in [0.5, 0.6) is 0 Å². The van der Waals surface area contributed by atoms with Crippen molar-refractivity contribution in [1.82, 2.24) is 14.9 Å². The maximum absolute atomic E-state index is 5.60. The highest BCUT2D eigenvalue weighted by atomic mass is 16.5. The van der Waals surface area contributed by atoms with Crippen molar-refractivity contribution in [1.29, 1.82) is 0 Å². The van der Waals surface area contributed by atoms with Crippen molar-refractivity contribution in [2.45, 2.75) is 13.0 Å². The summed E-state index contributed by atoms with van der Waals surface area (Å²) in [5, 5.41) is 3.10. The lowest BCUT2D eigenvalue weighted by Crippen LogP contribution is -2.10. The van der Waals surface area contributed by atoms with Gasteiger partial charge in [0.25, 0.3) is 0 Å². The second kappa shape index (κ2) is 5.80. The first-order valence-electron chi connectivity index (χ1n) is 5.93. The predicted octanol–water partition coefficient (Wildman–Crippen LogP) is 1.70. The van der Waals surface area contributed by atoms with E-state index >= 15 is 0 Å². The van der Waals surface area contributed by atoms with Gasteiger partial charge in [0.15, 0.2) is 0 Å². The normalized spacial score (nSPS) is 11.2. The maximum atomic E-state index is 5.60. The molecule has 0 saturated carbocycles. The molecule has 0 bridgehead atoms. The molecule has 4 heteroatoms. The number of fused-ring (bicyclic) bond motifs is 1. The lowest BCUT2D eigenvalue weighted by molar-refractivity contribution is 0.119. The number of benzene rings is 1. The molecular weight excluding hydrogens is 214 g/mol. The van der Waals surface area contributed by atoms with Gasteiger partial charge in [-0.15, -0.1) is 0 Å². The molecule has 2 aromatic rings. The first-order valence-corrected chi connectivity index (χ1v) is 5.93. The smallest absolute Gasteiger partial charge is 0.0955 e. The van der Waals surface area contributed by atoms with Crippen LogP contribution in [0, 0.1) is 0 Å². The van der Waals surface area contributed by atoms with E-state index in [1.807, 2.05) is 25.0 Å². The summed E-state index contributed by atoms with van der Waals surface area (Å²) < 4.78 is 7.62. The zero-order valence-electron chi connectivity index (χ0n) is 10.4. The fourth-order valence-corrected chi connectivity index (χ4v) is 1.81. The minimum Gasteiger partial charge on any atom is -0.377 e. The number of rotatable bonds is 6. The summed E-state index contributed by atoms with van der Waals surface area (Å²) in [4.78, 5) is 4.33. The quantitative estimate of drug-likeness (QED) is 0.772. The molecule has 4 nitrogen and oxygen atoms in total. The monoisotopic (exact) mass is 233 g/mol. The SMILES string of the molecule is CNCCCOCc1ccc2c(c1)ncn2C. The second-order valence-corrected chi connectivity index (χ2v) is 4.19. The summed E-state index contributed by atoms with van der Waals surface area (Å²) in [7, 11) is 3.96. The summed E-state index contributed by atoms with van der Waals surface area (Å²) in [6.45, 7) is 2.45. The molecule has 0 aliphatic rings. The number of hydrogen-bond donors (Lipinski definition) is 1. The highest BCUT2D eigenvalue weighted by molar-refractivity contribution is 5.75. The Hall–Kier alpha value is -1.39. The van der Waals surface area contributed by atoms with Crippen molar-refractivity contribution in [3.05, 3.63) is 30.1 Å². The molecule has 0 spiro atoms. The van der Waals surface area contributed by atoms with Gasteiger partial charge in [0, 0.05) is 13.7 Å². The van der Waals surface area contributed by atoms with Crippen molar-refractivity contribution < 1.29 is 4.74 Å². The van der Waals surface area contributed by atoms with Crippen molar-refractivity contribution in [2.75, 3.05) is 20.2 Å². The number of nitrogens with one attached hydrogen (secondary N) is 1. The van der Waals surface area contributed by atoms with Crippen LogP contribution >= 0.6 is 0 Å².